The van der Waals surface area contributed by atoms with Crippen LogP contribution in [-0.4, -0.2) is 66.1 Å². The minimum Gasteiger partial charge on any atom is -0.496 e. The third-order valence-corrected chi connectivity index (χ3v) is 4.87. The first kappa shape index (κ1) is 19.1. The molecule has 1 saturated heterocycles. The molecule has 8 heteroatoms. The van der Waals surface area contributed by atoms with Crippen LogP contribution in [0.5, 0.6) is 5.75 Å². The number of hydrogen-bond donors (Lipinski definition) is 1. The van der Waals surface area contributed by atoms with E-state index in [1.165, 1.54) is 7.11 Å². The van der Waals surface area contributed by atoms with E-state index in [0.29, 0.717) is 49.1 Å². The van der Waals surface area contributed by atoms with Crippen molar-refractivity contribution in [1.82, 2.24) is 19.7 Å². The summed E-state index contributed by atoms with van der Waals surface area (Å²) in [6, 6.07) is 7.11. The van der Waals surface area contributed by atoms with Crippen LogP contribution in [0.25, 0.3) is 5.69 Å². The topological polar surface area (TPSA) is 66.8 Å². The second kappa shape index (κ2) is 8.35. The lowest BCUT2D eigenvalue weighted by Crippen LogP contribution is -2.53. The molecule has 144 valence electrons. The number of amides is 3. The smallest absolute Gasteiger partial charge is 0.317 e. The number of carbonyl (C=O) groups is 2. The van der Waals surface area contributed by atoms with Gasteiger partial charge in [-0.05, 0) is 25.1 Å². The molecule has 0 aliphatic carbocycles. The van der Waals surface area contributed by atoms with Crippen molar-refractivity contribution in [2.24, 2.45) is 0 Å². The van der Waals surface area contributed by atoms with Crippen LogP contribution in [0.3, 0.4) is 0 Å². The fourth-order valence-corrected chi connectivity index (χ4v) is 3.38. The fraction of sp³-hybridized carbons (Fsp3) is 0.368. The monoisotopic (exact) mass is 390 g/mol. The first-order chi connectivity index (χ1) is 13.0. The Morgan fingerprint density at radius 2 is 1.74 bits per heavy atom. The lowest BCUT2D eigenvalue weighted by Gasteiger charge is -2.35. The summed E-state index contributed by atoms with van der Waals surface area (Å²) in [7, 11) is 1.53. The Bertz CT molecular complexity index is 815. The molecule has 3 amide bonds. The molecule has 0 saturated carbocycles. The van der Waals surface area contributed by atoms with Crippen LogP contribution in [0, 0.1) is 0 Å². The minimum atomic E-state index is -0.150. The van der Waals surface area contributed by atoms with Crippen molar-refractivity contribution < 1.29 is 14.3 Å². The summed E-state index contributed by atoms with van der Waals surface area (Å²) in [5.41, 5.74) is 1.17. The van der Waals surface area contributed by atoms with Crippen LogP contribution < -0.4 is 10.1 Å². The molecule has 0 radical (unpaired) electrons. The molecule has 0 bridgehead atoms. The molecule has 1 aliphatic heterocycles. The standard InChI is InChI=1S/C19H23ClN4O3/c1-3-21-19(26)24-10-8-23(9-11-24)18(25)14-12-15(20)16(13-17(14)27-2)22-6-4-5-7-22/h4-7,12-13H,3,8-11H2,1-2H3,(H,21,26). The molecule has 3 rings (SSSR count). The second-order valence-electron chi connectivity index (χ2n) is 6.21. The predicted molar refractivity (Wildman–Crippen MR) is 104 cm³/mol. The van der Waals surface area contributed by atoms with E-state index >= 15 is 0 Å². The summed E-state index contributed by atoms with van der Waals surface area (Å²) in [5.74, 6) is 0.322. The third kappa shape index (κ3) is 4.03. The van der Waals surface area contributed by atoms with Gasteiger partial charge in [-0.3, -0.25) is 4.79 Å². The highest BCUT2D eigenvalue weighted by molar-refractivity contribution is 6.33. The summed E-state index contributed by atoms with van der Waals surface area (Å²) in [6.07, 6.45) is 3.76. The summed E-state index contributed by atoms with van der Waals surface area (Å²) in [4.78, 5) is 28.3. The van der Waals surface area contributed by atoms with E-state index in [1.807, 2.05) is 36.0 Å². The van der Waals surface area contributed by atoms with Crippen molar-refractivity contribution in [2.45, 2.75) is 6.92 Å². The SMILES string of the molecule is CCNC(=O)N1CCN(C(=O)c2cc(Cl)c(-n3cccc3)cc2OC)CC1. The Hall–Kier alpha value is -2.67. The number of piperazine rings is 1. The quantitative estimate of drug-likeness (QED) is 0.872. The molecule has 2 aromatic rings. The number of halogens is 1. The van der Waals surface area contributed by atoms with Crippen LogP contribution in [0.15, 0.2) is 36.7 Å². The highest BCUT2D eigenvalue weighted by atomic mass is 35.5. The summed E-state index contributed by atoms with van der Waals surface area (Å²) >= 11 is 6.42. The Kier molecular flexibility index (Phi) is 5.91. The number of urea groups is 1. The number of methoxy groups -OCH3 is 1. The molecule has 1 N–H and O–H groups in total. The number of carbonyl (C=O) groups excluding carboxylic acids is 2. The maximum atomic E-state index is 13.0. The van der Waals surface area contributed by atoms with Gasteiger partial charge in [-0.2, -0.15) is 0 Å². The van der Waals surface area contributed by atoms with Gasteiger partial charge in [0, 0.05) is 51.2 Å². The molecule has 1 aromatic heterocycles. The number of ether oxygens (including phenoxy) is 1. The molecular weight excluding hydrogens is 368 g/mol. The average molecular weight is 391 g/mol. The van der Waals surface area contributed by atoms with Crippen molar-refractivity contribution in [3.8, 4) is 11.4 Å². The normalized spacial score (nSPS) is 14.2. The highest BCUT2D eigenvalue weighted by Gasteiger charge is 2.27. The van der Waals surface area contributed by atoms with Gasteiger partial charge in [0.1, 0.15) is 5.75 Å². The highest BCUT2D eigenvalue weighted by Crippen LogP contribution is 2.31. The van der Waals surface area contributed by atoms with Gasteiger partial charge in [0.2, 0.25) is 0 Å². The largest absolute Gasteiger partial charge is 0.496 e. The van der Waals surface area contributed by atoms with Gasteiger partial charge < -0.3 is 24.4 Å². The summed E-state index contributed by atoms with van der Waals surface area (Å²) < 4.78 is 7.31. The summed E-state index contributed by atoms with van der Waals surface area (Å²) in [5, 5.41) is 3.25. The van der Waals surface area contributed by atoms with Crippen LogP contribution in [0.2, 0.25) is 5.02 Å². The van der Waals surface area contributed by atoms with Gasteiger partial charge in [-0.25, -0.2) is 4.79 Å². The van der Waals surface area contributed by atoms with Crippen LogP contribution in [-0.2, 0) is 0 Å². The molecule has 2 heterocycles. The number of nitrogens with one attached hydrogen (secondary N) is 1. The van der Waals surface area contributed by atoms with Gasteiger partial charge in [0.15, 0.2) is 0 Å². The Morgan fingerprint density at radius 1 is 1.11 bits per heavy atom. The van der Waals surface area contributed by atoms with Crippen molar-refractivity contribution in [3.05, 3.63) is 47.2 Å². The van der Waals surface area contributed by atoms with E-state index in [4.69, 9.17) is 16.3 Å². The average Bonchev–Trinajstić information content (AvgIpc) is 3.22. The zero-order valence-corrected chi connectivity index (χ0v) is 16.2. The van der Waals surface area contributed by atoms with E-state index in [1.54, 1.807) is 21.9 Å². The van der Waals surface area contributed by atoms with Crippen molar-refractivity contribution in [2.75, 3.05) is 39.8 Å². The summed E-state index contributed by atoms with van der Waals surface area (Å²) in [6.45, 7) is 4.39. The second-order valence-corrected chi connectivity index (χ2v) is 6.62. The Balaban J connectivity index is 1.77. The first-order valence-electron chi connectivity index (χ1n) is 8.88. The van der Waals surface area contributed by atoms with E-state index in [-0.39, 0.29) is 11.9 Å². The molecule has 1 fully saturated rings. The molecule has 7 nitrogen and oxygen atoms in total. The van der Waals surface area contributed by atoms with E-state index < -0.39 is 0 Å². The van der Waals surface area contributed by atoms with Gasteiger partial charge in [0.05, 0.1) is 23.4 Å². The number of rotatable bonds is 4. The Morgan fingerprint density at radius 3 is 2.33 bits per heavy atom. The predicted octanol–water partition coefficient (Wildman–Crippen LogP) is 2.63. The zero-order chi connectivity index (χ0) is 19.4. The number of aromatic nitrogens is 1. The van der Waals surface area contributed by atoms with Crippen molar-refractivity contribution >= 4 is 23.5 Å². The van der Waals surface area contributed by atoms with Crippen molar-refractivity contribution in [3.63, 3.8) is 0 Å². The maximum Gasteiger partial charge on any atom is 0.317 e. The third-order valence-electron chi connectivity index (χ3n) is 4.56. The van der Waals surface area contributed by atoms with Crippen molar-refractivity contribution in [1.29, 1.82) is 0 Å². The molecular formula is C19H23ClN4O3. The van der Waals surface area contributed by atoms with Crippen LogP contribution in [0.4, 0.5) is 4.79 Å². The molecule has 1 aliphatic rings. The maximum absolute atomic E-state index is 13.0. The zero-order valence-electron chi connectivity index (χ0n) is 15.4. The first-order valence-corrected chi connectivity index (χ1v) is 9.26. The number of hydrogen-bond acceptors (Lipinski definition) is 3. The number of nitrogens with zero attached hydrogens (tertiary/aromatic N) is 3. The van der Waals surface area contributed by atoms with Gasteiger partial charge >= 0.3 is 6.03 Å². The van der Waals surface area contributed by atoms with E-state index in [0.717, 1.165) is 5.69 Å². The lowest BCUT2D eigenvalue weighted by molar-refractivity contribution is 0.0662. The Labute approximate surface area is 163 Å². The fourth-order valence-electron chi connectivity index (χ4n) is 3.12. The van der Waals surface area contributed by atoms with E-state index in [2.05, 4.69) is 5.32 Å². The molecule has 0 atom stereocenters. The van der Waals surface area contributed by atoms with Crippen LogP contribution in [0.1, 0.15) is 17.3 Å². The van der Waals surface area contributed by atoms with Crippen LogP contribution >= 0.6 is 11.6 Å². The minimum absolute atomic E-state index is 0.0960. The molecule has 27 heavy (non-hydrogen) atoms. The number of benzene rings is 1. The van der Waals surface area contributed by atoms with Gasteiger partial charge in [0.25, 0.3) is 5.91 Å². The van der Waals surface area contributed by atoms with Gasteiger partial charge in [-0.1, -0.05) is 11.6 Å². The van der Waals surface area contributed by atoms with Gasteiger partial charge in [-0.15, -0.1) is 0 Å². The van der Waals surface area contributed by atoms with E-state index in [9.17, 15) is 9.59 Å². The molecule has 0 spiro atoms. The molecule has 1 aromatic carbocycles. The molecule has 0 unspecified atom stereocenters. The lowest BCUT2D eigenvalue weighted by atomic mass is 10.1.